The molecule has 0 amide bonds. The van der Waals surface area contributed by atoms with E-state index in [1.165, 1.54) is 64.2 Å². The van der Waals surface area contributed by atoms with Crippen molar-refractivity contribution in [1.82, 2.24) is 5.32 Å². The third kappa shape index (κ3) is 3.45. The average molecular weight is 267 g/mol. The predicted octanol–water partition coefficient (Wildman–Crippen LogP) is 4.22. The number of rotatable bonds is 4. The van der Waals surface area contributed by atoms with Gasteiger partial charge in [0.15, 0.2) is 0 Å². The van der Waals surface area contributed by atoms with Gasteiger partial charge in [-0.2, -0.15) is 11.8 Å². The van der Waals surface area contributed by atoms with Gasteiger partial charge in [-0.15, -0.1) is 0 Å². The molecular weight excluding hydrogens is 238 g/mol. The van der Waals surface area contributed by atoms with Crippen LogP contribution in [0.3, 0.4) is 0 Å². The highest BCUT2D eigenvalue weighted by Gasteiger charge is 2.35. The molecule has 0 aromatic heterocycles. The van der Waals surface area contributed by atoms with Crippen LogP contribution in [0.25, 0.3) is 0 Å². The molecule has 3 fully saturated rings. The van der Waals surface area contributed by atoms with Gasteiger partial charge < -0.3 is 5.32 Å². The Kier molecular flexibility index (Phi) is 4.56. The van der Waals surface area contributed by atoms with Crippen molar-refractivity contribution in [3.8, 4) is 0 Å². The lowest BCUT2D eigenvalue weighted by Gasteiger charge is -2.36. The molecule has 104 valence electrons. The Morgan fingerprint density at radius 3 is 2.22 bits per heavy atom. The van der Waals surface area contributed by atoms with Crippen molar-refractivity contribution in [3.63, 3.8) is 0 Å². The Bertz CT molecular complexity index is 264. The van der Waals surface area contributed by atoms with Crippen molar-refractivity contribution < 1.29 is 0 Å². The highest BCUT2D eigenvalue weighted by molar-refractivity contribution is 7.99. The molecule has 18 heavy (non-hydrogen) atoms. The van der Waals surface area contributed by atoms with Crippen LogP contribution in [0.1, 0.15) is 64.2 Å². The Morgan fingerprint density at radius 1 is 0.778 bits per heavy atom. The monoisotopic (exact) mass is 267 g/mol. The molecule has 0 aromatic carbocycles. The maximum absolute atomic E-state index is 4.02. The zero-order chi connectivity index (χ0) is 12.4. The highest BCUT2D eigenvalue weighted by Crippen LogP contribution is 2.44. The SMILES string of the molecule is CSC1CCCC(NC2CCCC(C3CC3)C2)C1. The molecule has 4 atom stereocenters. The second-order valence-electron chi connectivity index (χ2n) is 6.85. The quantitative estimate of drug-likeness (QED) is 0.818. The summed E-state index contributed by atoms with van der Waals surface area (Å²) < 4.78 is 0. The smallest absolute Gasteiger partial charge is 0.00801 e. The van der Waals surface area contributed by atoms with E-state index < -0.39 is 0 Å². The number of hydrogen-bond acceptors (Lipinski definition) is 2. The van der Waals surface area contributed by atoms with Gasteiger partial charge in [-0.05, 0) is 63.0 Å². The zero-order valence-corrected chi connectivity index (χ0v) is 12.7. The Hall–Kier alpha value is 0.310. The van der Waals surface area contributed by atoms with Crippen molar-refractivity contribution in [3.05, 3.63) is 0 Å². The Balaban J connectivity index is 1.46. The predicted molar refractivity (Wildman–Crippen MR) is 81.2 cm³/mol. The van der Waals surface area contributed by atoms with Gasteiger partial charge in [0, 0.05) is 17.3 Å². The minimum Gasteiger partial charge on any atom is -0.311 e. The second kappa shape index (κ2) is 6.17. The number of hydrogen-bond donors (Lipinski definition) is 1. The summed E-state index contributed by atoms with van der Waals surface area (Å²) in [5.74, 6) is 2.20. The van der Waals surface area contributed by atoms with Crippen LogP contribution < -0.4 is 5.32 Å². The van der Waals surface area contributed by atoms with Crippen LogP contribution >= 0.6 is 11.8 Å². The maximum atomic E-state index is 4.02. The topological polar surface area (TPSA) is 12.0 Å². The summed E-state index contributed by atoms with van der Waals surface area (Å²) in [5, 5.41) is 4.95. The van der Waals surface area contributed by atoms with Crippen LogP contribution in [0.2, 0.25) is 0 Å². The zero-order valence-electron chi connectivity index (χ0n) is 11.9. The fourth-order valence-electron chi connectivity index (χ4n) is 4.22. The van der Waals surface area contributed by atoms with Crippen molar-refractivity contribution in [2.24, 2.45) is 11.8 Å². The third-order valence-electron chi connectivity index (χ3n) is 5.43. The van der Waals surface area contributed by atoms with E-state index in [2.05, 4.69) is 23.3 Å². The third-order valence-corrected chi connectivity index (χ3v) is 6.53. The van der Waals surface area contributed by atoms with Crippen LogP contribution in [-0.2, 0) is 0 Å². The molecule has 0 spiro atoms. The van der Waals surface area contributed by atoms with Gasteiger partial charge in [-0.3, -0.25) is 0 Å². The molecule has 0 heterocycles. The molecule has 3 aliphatic carbocycles. The lowest BCUT2D eigenvalue weighted by Crippen LogP contribution is -2.44. The first kappa shape index (κ1) is 13.3. The Labute approximate surface area is 117 Å². The number of thioether (sulfide) groups is 1. The molecule has 0 bridgehead atoms. The van der Waals surface area contributed by atoms with Crippen molar-refractivity contribution in [2.45, 2.75) is 81.5 Å². The van der Waals surface area contributed by atoms with E-state index in [1.54, 1.807) is 0 Å². The minimum absolute atomic E-state index is 0.833. The van der Waals surface area contributed by atoms with E-state index in [-0.39, 0.29) is 0 Å². The molecule has 3 saturated carbocycles. The van der Waals surface area contributed by atoms with Crippen LogP contribution in [0.5, 0.6) is 0 Å². The van der Waals surface area contributed by atoms with E-state index in [0.717, 1.165) is 29.2 Å². The van der Waals surface area contributed by atoms with Crippen molar-refractivity contribution in [1.29, 1.82) is 0 Å². The second-order valence-corrected chi connectivity index (χ2v) is 7.99. The summed E-state index contributed by atoms with van der Waals surface area (Å²) in [4.78, 5) is 0. The Morgan fingerprint density at radius 2 is 1.50 bits per heavy atom. The van der Waals surface area contributed by atoms with E-state index in [4.69, 9.17) is 0 Å². The molecule has 0 aliphatic heterocycles. The largest absolute Gasteiger partial charge is 0.311 e. The highest BCUT2D eigenvalue weighted by atomic mass is 32.2. The fourth-order valence-corrected chi connectivity index (χ4v) is 5.05. The molecule has 3 aliphatic rings. The summed E-state index contributed by atoms with van der Waals surface area (Å²) in [6, 6.07) is 1.69. The summed E-state index contributed by atoms with van der Waals surface area (Å²) in [5.41, 5.74) is 0. The van der Waals surface area contributed by atoms with Gasteiger partial charge in [0.05, 0.1) is 0 Å². The van der Waals surface area contributed by atoms with Gasteiger partial charge in [-0.1, -0.05) is 19.3 Å². The first-order valence-corrected chi connectivity index (χ1v) is 9.43. The number of nitrogens with one attached hydrogen (secondary N) is 1. The summed E-state index contributed by atoms with van der Waals surface area (Å²) in [7, 11) is 0. The molecule has 4 unspecified atom stereocenters. The summed E-state index contributed by atoms with van der Waals surface area (Å²) in [6.45, 7) is 0. The normalized spacial score (nSPS) is 41.8. The van der Waals surface area contributed by atoms with E-state index in [0.29, 0.717) is 0 Å². The van der Waals surface area contributed by atoms with Crippen molar-refractivity contribution >= 4 is 11.8 Å². The van der Waals surface area contributed by atoms with Gasteiger partial charge in [0.25, 0.3) is 0 Å². The average Bonchev–Trinajstić information content (AvgIpc) is 3.24. The standard InChI is InChI=1S/C16H29NS/c1-18-16-7-3-6-15(11-16)17-14-5-2-4-13(10-14)12-8-9-12/h12-17H,2-11H2,1H3. The summed E-state index contributed by atoms with van der Waals surface area (Å²) >= 11 is 2.09. The van der Waals surface area contributed by atoms with Crippen LogP contribution in [0.15, 0.2) is 0 Å². The van der Waals surface area contributed by atoms with E-state index in [1.807, 2.05) is 0 Å². The fraction of sp³-hybridized carbons (Fsp3) is 1.00. The lowest BCUT2D eigenvalue weighted by molar-refractivity contribution is 0.231. The molecular formula is C16H29NS. The van der Waals surface area contributed by atoms with Crippen LogP contribution in [-0.4, -0.2) is 23.6 Å². The van der Waals surface area contributed by atoms with Crippen LogP contribution in [0, 0.1) is 11.8 Å². The molecule has 0 saturated heterocycles. The summed E-state index contributed by atoms with van der Waals surface area (Å²) in [6.07, 6.45) is 17.1. The lowest BCUT2D eigenvalue weighted by atomic mass is 9.82. The first-order chi connectivity index (χ1) is 8.85. The minimum atomic E-state index is 0.833. The van der Waals surface area contributed by atoms with Gasteiger partial charge in [0.1, 0.15) is 0 Å². The molecule has 1 N–H and O–H groups in total. The van der Waals surface area contributed by atoms with Crippen LogP contribution in [0.4, 0.5) is 0 Å². The molecule has 2 heteroatoms. The van der Waals surface area contributed by atoms with E-state index in [9.17, 15) is 0 Å². The molecule has 1 nitrogen and oxygen atoms in total. The van der Waals surface area contributed by atoms with Gasteiger partial charge in [0.2, 0.25) is 0 Å². The van der Waals surface area contributed by atoms with Gasteiger partial charge >= 0.3 is 0 Å². The maximum Gasteiger partial charge on any atom is 0.00801 e. The molecule has 0 radical (unpaired) electrons. The van der Waals surface area contributed by atoms with Gasteiger partial charge in [-0.25, -0.2) is 0 Å². The van der Waals surface area contributed by atoms with E-state index >= 15 is 0 Å². The molecule has 0 aromatic rings. The molecule has 3 rings (SSSR count). The first-order valence-electron chi connectivity index (χ1n) is 8.14. The van der Waals surface area contributed by atoms with Crippen molar-refractivity contribution in [2.75, 3.05) is 6.26 Å².